The maximum absolute atomic E-state index is 11.7. The number of nitrogens with two attached hydrogens (primary N) is 1. The molecule has 0 unspecified atom stereocenters. The summed E-state index contributed by atoms with van der Waals surface area (Å²) in [4.78, 5) is 19.5. The van der Waals surface area contributed by atoms with Crippen LogP contribution in [0.2, 0.25) is 0 Å². The number of amides is 1. The highest BCUT2D eigenvalue weighted by atomic mass is 16.5. The van der Waals surface area contributed by atoms with Crippen molar-refractivity contribution in [3.8, 4) is 22.9 Å². The fourth-order valence-corrected chi connectivity index (χ4v) is 4.22. The molecule has 1 aliphatic rings. The van der Waals surface area contributed by atoms with Crippen molar-refractivity contribution in [1.29, 1.82) is 0 Å². The smallest absolute Gasteiger partial charge is 0.250 e. The van der Waals surface area contributed by atoms with Crippen LogP contribution in [0.25, 0.3) is 22.4 Å². The highest BCUT2D eigenvalue weighted by Crippen LogP contribution is 2.35. The lowest BCUT2D eigenvalue weighted by Crippen LogP contribution is -2.46. The van der Waals surface area contributed by atoms with Gasteiger partial charge in [0.05, 0.1) is 18.2 Å². The topological polar surface area (TPSA) is 102 Å². The maximum Gasteiger partial charge on any atom is 0.250 e. The van der Waals surface area contributed by atoms with Crippen molar-refractivity contribution in [2.45, 2.75) is 38.8 Å². The van der Waals surface area contributed by atoms with E-state index in [0.717, 1.165) is 11.1 Å². The third kappa shape index (κ3) is 4.01. The largest absolute Gasteiger partial charge is 0.493 e. The van der Waals surface area contributed by atoms with E-state index >= 15 is 0 Å². The molecule has 7 heteroatoms. The van der Waals surface area contributed by atoms with Crippen LogP contribution in [-0.2, 0) is 0 Å². The Hall–Kier alpha value is -3.32. The number of nitrogens with zero attached hydrogens (tertiary/aromatic N) is 1. The Kier molecular flexibility index (Phi) is 5.01. The van der Waals surface area contributed by atoms with E-state index in [0.29, 0.717) is 35.0 Å². The van der Waals surface area contributed by atoms with Crippen LogP contribution in [0.15, 0.2) is 48.0 Å². The summed E-state index contributed by atoms with van der Waals surface area (Å²) in [5.41, 5.74) is 8.97. The minimum atomic E-state index is -0.508. The van der Waals surface area contributed by atoms with E-state index in [1.54, 1.807) is 19.2 Å². The molecule has 1 aromatic heterocycles. The van der Waals surface area contributed by atoms with Crippen molar-refractivity contribution in [2.75, 3.05) is 13.7 Å². The first-order valence-electron chi connectivity index (χ1n) is 10.2. The zero-order valence-corrected chi connectivity index (χ0v) is 18.5. The summed E-state index contributed by atoms with van der Waals surface area (Å²) in [5.74, 6) is 1.38. The lowest BCUT2D eigenvalue weighted by Gasteiger charge is -2.28. The number of hydrogen-bond acceptors (Lipinski definition) is 5. The molecule has 0 bridgehead atoms. The van der Waals surface area contributed by atoms with Crippen molar-refractivity contribution >= 4 is 16.9 Å². The minimum Gasteiger partial charge on any atom is -0.493 e. The number of fused-ring (bicyclic) bond motifs is 1. The van der Waals surface area contributed by atoms with Crippen molar-refractivity contribution in [1.82, 2.24) is 15.3 Å². The molecule has 0 radical (unpaired) electrons. The second-order valence-electron chi connectivity index (χ2n) is 8.95. The van der Waals surface area contributed by atoms with Gasteiger partial charge in [0.1, 0.15) is 17.9 Å². The third-order valence-electron chi connectivity index (χ3n) is 5.57. The van der Waals surface area contributed by atoms with Crippen molar-refractivity contribution in [2.24, 2.45) is 5.73 Å². The molecule has 7 nitrogen and oxygen atoms in total. The SMILES string of the molecule is COc1cc(-c2nc3c(C(N)=O)cccc3[nH]2)ccc1OCC1=CC(C)(C)NC1(C)C. The monoisotopic (exact) mass is 420 g/mol. The zero-order chi connectivity index (χ0) is 22.4. The number of benzene rings is 2. The summed E-state index contributed by atoms with van der Waals surface area (Å²) in [6.45, 7) is 9.06. The Bertz CT molecular complexity index is 1190. The maximum atomic E-state index is 11.7. The van der Waals surface area contributed by atoms with Gasteiger partial charge in [0, 0.05) is 16.6 Å². The van der Waals surface area contributed by atoms with Crippen molar-refractivity contribution in [3.63, 3.8) is 0 Å². The molecule has 0 atom stereocenters. The molecule has 2 heterocycles. The molecule has 0 fully saturated rings. The summed E-state index contributed by atoms with van der Waals surface area (Å²) in [6, 6.07) is 11.0. The van der Waals surface area contributed by atoms with E-state index < -0.39 is 5.91 Å². The molecule has 4 N–H and O–H groups in total. The second-order valence-corrected chi connectivity index (χ2v) is 8.95. The molecule has 31 heavy (non-hydrogen) atoms. The van der Waals surface area contributed by atoms with Gasteiger partial charge in [-0.2, -0.15) is 0 Å². The molecule has 0 spiro atoms. The van der Waals surface area contributed by atoms with E-state index in [1.165, 1.54) is 5.57 Å². The van der Waals surface area contributed by atoms with Crippen LogP contribution in [0.1, 0.15) is 38.1 Å². The van der Waals surface area contributed by atoms with Crippen LogP contribution >= 0.6 is 0 Å². The molecule has 0 saturated heterocycles. The predicted molar refractivity (Wildman–Crippen MR) is 121 cm³/mol. The van der Waals surface area contributed by atoms with Gasteiger partial charge in [-0.3, -0.25) is 10.1 Å². The van der Waals surface area contributed by atoms with E-state index in [-0.39, 0.29) is 11.1 Å². The fourth-order valence-electron chi connectivity index (χ4n) is 4.22. The molecule has 1 aliphatic heterocycles. The van der Waals surface area contributed by atoms with Crippen molar-refractivity contribution < 1.29 is 14.3 Å². The molecular weight excluding hydrogens is 392 g/mol. The Labute approximate surface area is 181 Å². The quantitative estimate of drug-likeness (QED) is 0.527. The average molecular weight is 421 g/mol. The fraction of sp³-hybridized carbons (Fsp3) is 0.333. The van der Waals surface area contributed by atoms with Gasteiger partial charge < -0.3 is 20.2 Å². The van der Waals surface area contributed by atoms with Gasteiger partial charge in [0.2, 0.25) is 0 Å². The van der Waals surface area contributed by atoms with Gasteiger partial charge in [-0.1, -0.05) is 12.1 Å². The summed E-state index contributed by atoms with van der Waals surface area (Å²) in [5, 5.41) is 3.59. The van der Waals surface area contributed by atoms with Gasteiger partial charge in [-0.15, -0.1) is 0 Å². The number of carbonyl (C=O) groups excluding carboxylic acids is 1. The van der Waals surface area contributed by atoms with Crippen LogP contribution in [-0.4, -0.2) is 40.7 Å². The molecule has 0 saturated carbocycles. The Morgan fingerprint density at radius 3 is 2.55 bits per heavy atom. The van der Waals surface area contributed by atoms with Gasteiger partial charge in [-0.25, -0.2) is 4.98 Å². The normalized spacial score (nSPS) is 16.9. The number of rotatable bonds is 6. The minimum absolute atomic E-state index is 0.0683. The highest BCUT2D eigenvalue weighted by Gasteiger charge is 2.36. The van der Waals surface area contributed by atoms with E-state index in [4.69, 9.17) is 15.2 Å². The first-order valence-corrected chi connectivity index (χ1v) is 10.2. The number of hydrogen-bond donors (Lipinski definition) is 3. The molecule has 0 aliphatic carbocycles. The zero-order valence-electron chi connectivity index (χ0n) is 18.5. The lowest BCUT2D eigenvalue weighted by molar-refractivity contribution is 0.100. The van der Waals surface area contributed by atoms with E-state index in [2.05, 4.69) is 49.1 Å². The summed E-state index contributed by atoms with van der Waals surface area (Å²) in [6.07, 6.45) is 2.22. The molecule has 2 aromatic carbocycles. The number of para-hydroxylation sites is 1. The number of methoxy groups -OCH3 is 1. The van der Waals surface area contributed by atoms with E-state index in [1.807, 2.05) is 24.3 Å². The van der Waals surface area contributed by atoms with Gasteiger partial charge >= 0.3 is 0 Å². The summed E-state index contributed by atoms with van der Waals surface area (Å²) < 4.78 is 11.7. The van der Waals surface area contributed by atoms with E-state index in [9.17, 15) is 4.79 Å². The Morgan fingerprint density at radius 2 is 1.90 bits per heavy atom. The average Bonchev–Trinajstić information content (AvgIpc) is 3.22. The number of ether oxygens (including phenoxy) is 2. The van der Waals surface area contributed by atoms with Crippen LogP contribution < -0.4 is 20.5 Å². The summed E-state index contributed by atoms with van der Waals surface area (Å²) in [7, 11) is 1.61. The molecule has 162 valence electrons. The third-order valence-corrected chi connectivity index (χ3v) is 5.57. The van der Waals surface area contributed by atoms with Crippen LogP contribution in [0.3, 0.4) is 0 Å². The number of H-pyrrole nitrogens is 1. The predicted octanol–water partition coefficient (Wildman–Crippen LogP) is 3.80. The van der Waals surface area contributed by atoms with Crippen LogP contribution in [0.5, 0.6) is 11.5 Å². The Balaban J connectivity index is 1.61. The number of carbonyl (C=O) groups is 1. The number of imidazole rings is 1. The molecule has 1 amide bonds. The number of primary amides is 1. The van der Waals surface area contributed by atoms with Gasteiger partial charge in [0.25, 0.3) is 5.91 Å². The Morgan fingerprint density at radius 1 is 1.13 bits per heavy atom. The first kappa shape index (κ1) is 20.9. The molecular formula is C24H28N4O3. The molecule has 3 aromatic rings. The van der Waals surface area contributed by atoms with Gasteiger partial charge in [0.15, 0.2) is 11.5 Å². The number of nitrogens with one attached hydrogen (secondary N) is 2. The lowest BCUT2D eigenvalue weighted by atomic mass is 9.98. The molecule has 4 rings (SSSR count). The highest BCUT2D eigenvalue weighted by molar-refractivity contribution is 6.04. The number of aromatic amines is 1. The second kappa shape index (κ2) is 7.42. The summed E-state index contributed by atoms with van der Waals surface area (Å²) >= 11 is 0. The van der Waals surface area contributed by atoms with Crippen molar-refractivity contribution in [3.05, 3.63) is 53.6 Å². The van der Waals surface area contributed by atoms with Crippen LogP contribution in [0.4, 0.5) is 0 Å². The number of aromatic nitrogens is 2. The standard InChI is InChI=1S/C24H28N4O3/c1-23(2)12-15(24(3,4)28-23)13-31-18-10-9-14(11-19(18)30-5)22-26-17-8-6-7-16(21(25)29)20(17)27-22/h6-12,28H,13H2,1-5H3,(H2,25,29)(H,26,27). The van der Waals surface area contributed by atoms with Crippen LogP contribution in [0, 0.1) is 0 Å². The first-order chi connectivity index (χ1) is 14.6. The van der Waals surface area contributed by atoms with Gasteiger partial charge in [-0.05, 0) is 63.6 Å².